The molecule has 2 heterocycles. The SMILES string of the molecule is CCc1cc(-n2cc(C)c(N)n2)ncn1. The molecular formula is C10H13N5. The van der Waals surface area contributed by atoms with E-state index in [2.05, 4.69) is 22.0 Å². The van der Waals surface area contributed by atoms with Gasteiger partial charge in [-0.1, -0.05) is 6.92 Å². The van der Waals surface area contributed by atoms with Crippen LogP contribution in [0.1, 0.15) is 18.2 Å². The minimum absolute atomic E-state index is 0.534. The van der Waals surface area contributed by atoms with Crippen LogP contribution < -0.4 is 5.73 Å². The Bertz CT molecular complexity index is 455. The van der Waals surface area contributed by atoms with Crippen LogP contribution in [0, 0.1) is 6.92 Å². The van der Waals surface area contributed by atoms with Crippen molar-refractivity contribution in [3.8, 4) is 5.82 Å². The third-order valence-electron chi connectivity index (χ3n) is 2.24. The standard InChI is InChI=1S/C10H13N5/c1-3-8-4-9(13-6-12-8)15-5-7(2)10(11)14-15/h4-6H,3H2,1-2H3,(H2,11,14). The lowest BCUT2D eigenvalue weighted by Gasteiger charge is -2.00. The molecule has 0 fully saturated rings. The molecule has 0 spiro atoms. The molecule has 2 aromatic heterocycles. The summed E-state index contributed by atoms with van der Waals surface area (Å²) in [7, 11) is 0. The molecule has 0 aliphatic carbocycles. The highest BCUT2D eigenvalue weighted by molar-refractivity contribution is 5.38. The molecule has 0 saturated carbocycles. The van der Waals surface area contributed by atoms with Crippen molar-refractivity contribution < 1.29 is 0 Å². The first-order valence-corrected chi connectivity index (χ1v) is 4.83. The zero-order valence-electron chi connectivity index (χ0n) is 8.81. The molecule has 0 aliphatic rings. The van der Waals surface area contributed by atoms with Crippen LogP contribution in [-0.4, -0.2) is 19.7 Å². The van der Waals surface area contributed by atoms with Gasteiger partial charge in [0.25, 0.3) is 0 Å². The normalized spacial score (nSPS) is 10.5. The molecule has 0 saturated heterocycles. The summed E-state index contributed by atoms with van der Waals surface area (Å²) < 4.78 is 1.67. The molecule has 15 heavy (non-hydrogen) atoms. The summed E-state index contributed by atoms with van der Waals surface area (Å²) in [6.07, 6.45) is 4.28. The molecule has 0 aliphatic heterocycles. The maximum atomic E-state index is 5.67. The van der Waals surface area contributed by atoms with E-state index in [1.54, 1.807) is 11.0 Å². The van der Waals surface area contributed by atoms with Gasteiger partial charge in [0, 0.05) is 23.5 Å². The summed E-state index contributed by atoms with van der Waals surface area (Å²) in [5.41, 5.74) is 7.62. The molecule has 0 unspecified atom stereocenters. The van der Waals surface area contributed by atoms with Gasteiger partial charge in [0.05, 0.1) is 0 Å². The van der Waals surface area contributed by atoms with Crippen molar-refractivity contribution >= 4 is 5.82 Å². The van der Waals surface area contributed by atoms with Crippen LogP contribution in [0.4, 0.5) is 5.82 Å². The predicted molar refractivity (Wildman–Crippen MR) is 57.7 cm³/mol. The van der Waals surface area contributed by atoms with Crippen LogP contribution in [0.3, 0.4) is 0 Å². The molecule has 2 rings (SSSR count). The van der Waals surface area contributed by atoms with E-state index in [0.29, 0.717) is 5.82 Å². The highest BCUT2D eigenvalue weighted by atomic mass is 15.3. The van der Waals surface area contributed by atoms with Crippen molar-refractivity contribution in [1.29, 1.82) is 0 Å². The lowest BCUT2D eigenvalue weighted by Crippen LogP contribution is -2.01. The van der Waals surface area contributed by atoms with E-state index in [4.69, 9.17) is 5.73 Å². The van der Waals surface area contributed by atoms with Crippen molar-refractivity contribution in [1.82, 2.24) is 19.7 Å². The second kappa shape index (κ2) is 3.68. The minimum Gasteiger partial charge on any atom is -0.382 e. The molecule has 78 valence electrons. The zero-order chi connectivity index (χ0) is 10.8. The van der Waals surface area contributed by atoms with Crippen LogP contribution >= 0.6 is 0 Å². The maximum absolute atomic E-state index is 5.67. The number of rotatable bonds is 2. The molecule has 0 aromatic carbocycles. The van der Waals surface area contributed by atoms with E-state index >= 15 is 0 Å². The van der Waals surface area contributed by atoms with E-state index in [9.17, 15) is 0 Å². The molecule has 2 N–H and O–H groups in total. The highest BCUT2D eigenvalue weighted by Crippen LogP contribution is 2.11. The second-order valence-corrected chi connectivity index (χ2v) is 3.36. The Kier molecular flexibility index (Phi) is 2.37. The summed E-state index contributed by atoms with van der Waals surface area (Å²) in [6, 6.07) is 1.91. The van der Waals surface area contributed by atoms with Gasteiger partial charge in [0.15, 0.2) is 5.82 Å². The van der Waals surface area contributed by atoms with Crippen LogP contribution in [0.5, 0.6) is 0 Å². The van der Waals surface area contributed by atoms with Gasteiger partial charge in [0.2, 0.25) is 0 Å². The van der Waals surface area contributed by atoms with Crippen LogP contribution in [0.25, 0.3) is 5.82 Å². The van der Waals surface area contributed by atoms with Crippen LogP contribution in [0.15, 0.2) is 18.6 Å². The van der Waals surface area contributed by atoms with Crippen LogP contribution in [-0.2, 0) is 6.42 Å². The fourth-order valence-corrected chi connectivity index (χ4v) is 1.30. The average Bonchev–Trinajstić information content (AvgIpc) is 2.59. The first-order chi connectivity index (χ1) is 7.20. The summed E-state index contributed by atoms with van der Waals surface area (Å²) in [5, 5.41) is 4.16. The van der Waals surface area contributed by atoms with Crippen molar-refractivity contribution in [3.63, 3.8) is 0 Å². The quantitative estimate of drug-likeness (QED) is 0.793. The number of anilines is 1. The molecule has 2 aromatic rings. The number of hydrogen-bond acceptors (Lipinski definition) is 4. The van der Waals surface area contributed by atoms with Gasteiger partial charge in [-0.2, -0.15) is 0 Å². The average molecular weight is 203 g/mol. The topological polar surface area (TPSA) is 69.6 Å². The van der Waals surface area contributed by atoms with Gasteiger partial charge >= 0.3 is 0 Å². The summed E-state index contributed by atoms with van der Waals surface area (Å²) in [4.78, 5) is 8.27. The van der Waals surface area contributed by atoms with E-state index in [-0.39, 0.29) is 0 Å². The Morgan fingerprint density at radius 1 is 1.40 bits per heavy atom. The lowest BCUT2D eigenvalue weighted by molar-refractivity contribution is 0.832. The molecule has 5 heteroatoms. The van der Waals surface area contributed by atoms with E-state index in [1.165, 1.54) is 0 Å². The molecule has 0 bridgehead atoms. The van der Waals surface area contributed by atoms with Crippen molar-refractivity contribution in [2.45, 2.75) is 20.3 Å². The van der Waals surface area contributed by atoms with Crippen molar-refractivity contribution in [2.75, 3.05) is 5.73 Å². The molecular weight excluding hydrogens is 190 g/mol. The fraction of sp³-hybridized carbons (Fsp3) is 0.300. The van der Waals surface area contributed by atoms with Gasteiger partial charge in [0.1, 0.15) is 12.1 Å². The number of hydrogen-bond donors (Lipinski definition) is 1. The Hall–Kier alpha value is -1.91. The fourth-order valence-electron chi connectivity index (χ4n) is 1.30. The maximum Gasteiger partial charge on any atom is 0.157 e. The lowest BCUT2D eigenvalue weighted by atomic mass is 10.3. The van der Waals surface area contributed by atoms with E-state index < -0.39 is 0 Å². The number of aromatic nitrogens is 4. The largest absolute Gasteiger partial charge is 0.382 e. The van der Waals surface area contributed by atoms with E-state index in [0.717, 1.165) is 23.5 Å². The molecule has 0 atom stereocenters. The van der Waals surface area contributed by atoms with Gasteiger partial charge in [-0.3, -0.25) is 0 Å². The number of nitrogens with zero attached hydrogens (tertiary/aromatic N) is 4. The second-order valence-electron chi connectivity index (χ2n) is 3.36. The molecule has 5 nitrogen and oxygen atoms in total. The van der Waals surface area contributed by atoms with Crippen molar-refractivity contribution in [3.05, 3.63) is 29.8 Å². The predicted octanol–water partition coefficient (Wildman–Crippen LogP) is 1.12. The first-order valence-electron chi connectivity index (χ1n) is 4.83. The number of nitrogen functional groups attached to an aromatic ring is 1. The summed E-state index contributed by atoms with van der Waals surface area (Å²) in [5.74, 6) is 1.29. The Labute approximate surface area is 88.0 Å². The summed E-state index contributed by atoms with van der Waals surface area (Å²) >= 11 is 0. The van der Waals surface area contributed by atoms with Gasteiger partial charge < -0.3 is 5.73 Å². The van der Waals surface area contributed by atoms with Gasteiger partial charge in [-0.15, -0.1) is 5.10 Å². The first kappa shape index (κ1) is 9.64. The smallest absolute Gasteiger partial charge is 0.157 e. The number of aryl methyl sites for hydroxylation is 2. The van der Waals surface area contributed by atoms with Crippen molar-refractivity contribution in [2.24, 2.45) is 0 Å². The monoisotopic (exact) mass is 203 g/mol. The van der Waals surface area contributed by atoms with Gasteiger partial charge in [-0.25, -0.2) is 14.6 Å². The summed E-state index contributed by atoms with van der Waals surface area (Å²) in [6.45, 7) is 3.97. The Balaban J connectivity index is 2.44. The highest BCUT2D eigenvalue weighted by Gasteiger charge is 2.04. The van der Waals surface area contributed by atoms with Crippen LogP contribution in [0.2, 0.25) is 0 Å². The minimum atomic E-state index is 0.534. The van der Waals surface area contributed by atoms with Gasteiger partial charge in [-0.05, 0) is 13.3 Å². The molecule has 0 amide bonds. The third-order valence-corrected chi connectivity index (χ3v) is 2.24. The third kappa shape index (κ3) is 1.81. The Morgan fingerprint density at radius 2 is 2.20 bits per heavy atom. The number of nitrogens with two attached hydrogens (primary N) is 1. The Morgan fingerprint density at radius 3 is 2.80 bits per heavy atom. The van der Waals surface area contributed by atoms with E-state index in [1.807, 2.05) is 19.2 Å². The zero-order valence-corrected chi connectivity index (χ0v) is 8.81. The molecule has 0 radical (unpaired) electrons.